The van der Waals surface area contributed by atoms with Gasteiger partial charge >= 0.3 is 5.97 Å². The first kappa shape index (κ1) is 11.5. The molecule has 15 heavy (non-hydrogen) atoms. The van der Waals surface area contributed by atoms with E-state index in [1.165, 1.54) is 16.8 Å². The van der Waals surface area contributed by atoms with E-state index in [1.807, 2.05) is 13.8 Å². The molecule has 0 spiro atoms. The zero-order valence-corrected chi connectivity index (χ0v) is 8.92. The minimum absolute atomic E-state index is 0.0764. The van der Waals surface area contributed by atoms with Crippen LogP contribution in [0.3, 0.4) is 0 Å². The summed E-state index contributed by atoms with van der Waals surface area (Å²) in [5, 5.41) is 18.3. The molecule has 4 heteroatoms. The summed E-state index contributed by atoms with van der Waals surface area (Å²) in [5.74, 6) is -0.507. The fourth-order valence-corrected chi connectivity index (χ4v) is 1.47. The maximum Gasteiger partial charge on any atom is 0.373 e. The van der Waals surface area contributed by atoms with Crippen molar-refractivity contribution in [2.75, 3.05) is 0 Å². The molecule has 0 aliphatic carbocycles. The molecule has 0 aliphatic rings. The van der Waals surface area contributed by atoms with Crippen molar-refractivity contribution >= 4 is 5.97 Å². The molecule has 0 aliphatic heterocycles. The second-order valence-electron chi connectivity index (χ2n) is 3.99. The molecule has 0 saturated heterocycles. The lowest BCUT2D eigenvalue weighted by atomic mass is 10.0. The van der Waals surface area contributed by atoms with Gasteiger partial charge in [0.2, 0.25) is 6.20 Å². The van der Waals surface area contributed by atoms with Crippen molar-refractivity contribution in [2.24, 2.45) is 5.92 Å². The highest BCUT2D eigenvalue weighted by atomic mass is 16.4. The molecular formula is C11H16NO3+. The Hall–Kier alpha value is -1.58. The van der Waals surface area contributed by atoms with Crippen molar-refractivity contribution in [1.29, 1.82) is 0 Å². The van der Waals surface area contributed by atoms with Gasteiger partial charge in [-0.25, -0.2) is 4.79 Å². The topological polar surface area (TPSA) is 61.4 Å². The highest BCUT2D eigenvalue weighted by molar-refractivity contribution is 5.69. The normalized spacial score (nSPS) is 12.7. The van der Waals surface area contributed by atoms with Crippen LogP contribution in [0.25, 0.3) is 0 Å². The van der Waals surface area contributed by atoms with E-state index >= 15 is 0 Å². The van der Waals surface area contributed by atoms with E-state index in [9.17, 15) is 9.90 Å². The predicted octanol–water partition coefficient (Wildman–Crippen LogP) is 1.35. The Morgan fingerprint density at radius 1 is 1.53 bits per heavy atom. The Morgan fingerprint density at radius 3 is 2.67 bits per heavy atom. The summed E-state index contributed by atoms with van der Waals surface area (Å²) < 4.78 is 1.53. The summed E-state index contributed by atoms with van der Waals surface area (Å²) in [6.45, 7) is 3.94. The van der Waals surface area contributed by atoms with Crippen LogP contribution in [0.15, 0.2) is 24.5 Å². The van der Waals surface area contributed by atoms with E-state index in [0.29, 0.717) is 12.3 Å². The summed E-state index contributed by atoms with van der Waals surface area (Å²) in [4.78, 5) is 11.0. The van der Waals surface area contributed by atoms with E-state index in [1.54, 1.807) is 12.3 Å². The molecule has 0 amide bonds. The monoisotopic (exact) mass is 210 g/mol. The summed E-state index contributed by atoms with van der Waals surface area (Å²) in [6, 6.07) is 2.54. The summed E-state index contributed by atoms with van der Waals surface area (Å²) in [7, 11) is 0. The van der Waals surface area contributed by atoms with Crippen molar-refractivity contribution < 1.29 is 19.6 Å². The van der Waals surface area contributed by atoms with Gasteiger partial charge in [-0.15, -0.1) is 0 Å². The molecule has 1 aromatic heterocycles. The minimum Gasteiger partial charge on any atom is -0.503 e. The van der Waals surface area contributed by atoms with Crippen molar-refractivity contribution in [3.05, 3.63) is 24.5 Å². The van der Waals surface area contributed by atoms with E-state index in [4.69, 9.17) is 5.11 Å². The van der Waals surface area contributed by atoms with Crippen LogP contribution in [-0.2, 0) is 4.79 Å². The molecule has 0 bridgehead atoms. The minimum atomic E-state index is -0.876. The average Bonchev–Trinajstić information content (AvgIpc) is 2.13. The van der Waals surface area contributed by atoms with Crippen molar-refractivity contribution in [1.82, 2.24) is 0 Å². The molecule has 0 radical (unpaired) electrons. The van der Waals surface area contributed by atoms with Crippen molar-refractivity contribution in [3.8, 4) is 5.75 Å². The molecule has 4 nitrogen and oxygen atoms in total. The highest BCUT2D eigenvalue weighted by Gasteiger charge is 2.27. The number of carbonyl (C=O) groups is 1. The molecule has 0 aromatic carbocycles. The molecule has 1 unspecified atom stereocenters. The summed E-state index contributed by atoms with van der Waals surface area (Å²) in [6.07, 6.45) is 3.63. The molecule has 82 valence electrons. The number of rotatable bonds is 4. The van der Waals surface area contributed by atoms with Gasteiger partial charge in [0.05, 0.1) is 0 Å². The SMILES string of the molecule is CC(C)CC(C(=O)O)[n+]1cccc(O)c1. The lowest BCUT2D eigenvalue weighted by Crippen LogP contribution is -2.44. The maximum atomic E-state index is 11.0. The molecular weight excluding hydrogens is 194 g/mol. The fourth-order valence-electron chi connectivity index (χ4n) is 1.47. The van der Waals surface area contributed by atoms with Crippen LogP contribution in [0.2, 0.25) is 0 Å². The zero-order valence-electron chi connectivity index (χ0n) is 8.92. The van der Waals surface area contributed by atoms with Crippen molar-refractivity contribution in [2.45, 2.75) is 26.3 Å². The van der Waals surface area contributed by atoms with Gasteiger partial charge in [-0.3, -0.25) is 0 Å². The number of aromatic hydroxyl groups is 1. The number of pyridine rings is 1. The van der Waals surface area contributed by atoms with Crippen LogP contribution in [-0.4, -0.2) is 16.2 Å². The average molecular weight is 210 g/mol. The van der Waals surface area contributed by atoms with Crippen molar-refractivity contribution in [3.63, 3.8) is 0 Å². The van der Waals surface area contributed by atoms with Gasteiger partial charge in [0.1, 0.15) is 0 Å². The molecule has 1 heterocycles. The Morgan fingerprint density at radius 2 is 2.20 bits per heavy atom. The van der Waals surface area contributed by atoms with Gasteiger partial charge in [0.15, 0.2) is 11.9 Å². The van der Waals surface area contributed by atoms with Gasteiger partial charge in [-0.2, -0.15) is 4.57 Å². The zero-order chi connectivity index (χ0) is 11.4. The molecule has 2 N–H and O–H groups in total. The van der Waals surface area contributed by atoms with E-state index < -0.39 is 12.0 Å². The number of carboxylic acid groups (broad SMARTS) is 1. The first-order chi connectivity index (χ1) is 7.00. The number of hydrogen-bond acceptors (Lipinski definition) is 2. The number of nitrogens with zero attached hydrogens (tertiary/aromatic N) is 1. The molecule has 0 saturated carbocycles. The maximum absolute atomic E-state index is 11.0. The second kappa shape index (κ2) is 4.77. The third-order valence-electron chi connectivity index (χ3n) is 2.15. The standard InChI is InChI=1S/C11H15NO3/c1-8(2)6-10(11(14)15)12-5-3-4-9(13)7-12/h3-5,7-8,10H,6H2,1-2H3,(H-,13,14,15)/p+1. The first-order valence-corrected chi connectivity index (χ1v) is 4.93. The predicted molar refractivity (Wildman–Crippen MR) is 54.4 cm³/mol. The van der Waals surface area contributed by atoms with Crippen LogP contribution in [0, 0.1) is 5.92 Å². The number of hydrogen-bond donors (Lipinski definition) is 2. The van der Waals surface area contributed by atoms with E-state index in [-0.39, 0.29) is 5.75 Å². The third-order valence-corrected chi connectivity index (χ3v) is 2.15. The Kier molecular flexibility index (Phi) is 3.66. The number of aliphatic carboxylic acids is 1. The fraction of sp³-hybridized carbons (Fsp3) is 0.455. The van der Waals surface area contributed by atoms with Crippen LogP contribution in [0.4, 0.5) is 0 Å². The van der Waals surface area contributed by atoms with Gasteiger partial charge in [-0.1, -0.05) is 13.8 Å². The molecule has 0 fully saturated rings. The Bertz CT molecular complexity index is 349. The van der Waals surface area contributed by atoms with Gasteiger partial charge in [0, 0.05) is 12.5 Å². The summed E-state index contributed by atoms with van der Waals surface area (Å²) in [5.41, 5.74) is 0. The van der Waals surface area contributed by atoms with Crippen LogP contribution in [0.1, 0.15) is 26.3 Å². The smallest absolute Gasteiger partial charge is 0.373 e. The van der Waals surface area contributed by atoms with Crippen LogP contribution >= 0.6 is 0 Å². The lowest BCUT2D eigenvalue weighted by molar-refractivity contribution is -0.712. The summed E-state index contributed by atoms with van der Waals surface area (Å²) >= 11 is 0. The van der Waals surface area contributed by atoms with Crippen LogP contribution in [0.5, 0.6) is 5.75 Å². The van der Waals surface area contributed by atoms with Gasteiger partial charge in [0.25, 0.3) is 6.04 Å². The largest absolute Gasteiger partial charge is 0.503 e. The lowest BCUT2D eigenvalue weighted by Gasteiger charge is -2.10. The number of carboxylic acids is 1. The Balaban J connectivity index is 2.94. The van der Waals surface area contributed by atoms with Crippen LogP contribution < -0.4 is 4.57 Å². The number of aromatic nitrogens is 1. The Labute approximate surface area is 88.8 Å². The first-order valence-electron chi connectivity index (χ1n) is 4.93. The van der Waals surface area contributed by atoms with E-state index in [2.05, 4.69) is 0 Å². The molecule has 1 rings (SSSR count). The second-order valence-corrected chi connectivity index (χ2v) is 3.99. The molecule has 1 aromatic rings. The van der Waals surface area contributed by atoms with Gasteiger partial charge in [-0.05, 0) is 12.0 Å². The van der Waals surface area contributed by atoms with E-state index in [0.717, 1.165) is 0 Å². The highest BCUT2D eigenvalue weighted by Crippen LogP contribution is 2.13. The van der Waals surface area contributed by atoms with Gasteiger partial charge < -0.3 is 10.2 Å². The molecule has 1 atom stereocenters. The third kappa shape index (κ3) is 3.23. The quantitative estimate of drug-likeness (QED) is 0.737.